The van der Waals surface area contributed by atoms with E-state index in [2.05, 4.69) is 47.1 Å². The molecule has 0 spiro atoms. The largest absolute Gasteiger partial charge is 0.323 e. The summed E-state index contributed by atoms with van der Waals surface area (Å²) in [6.07, 6.45) is 6.66. The Bertz CT molecular complexity index is 577. The van der Waals surface area contributed by atoms with Crippen LogP contribution in [-0.4, -0.2) is 4.57 Å². The summed E-state index contributed by atoms with van der Waals surface area (Å²) < 4.78 is 2.32. The Labute approximate surface area is 108 Å². The van der Waals surface area contributed by atoms with Crippen LogP contribution in [0.25, 0.3) is 11.8 Å². The van der Waals surface area contributed by atoms with E-state index in [0.29, 0.717) is 0 Å². The summed E-state index contributed by atoms with van der Waals surface area (Å²) in [5.41, 5.74) is 11.2. The van der Waals surface area contributed by atoms with Crippen molar-refractivity contribution in [3.63, 3.8) is 0 Å². The molecule has 2 heteroatoms. The number of nitrogens with zero attached hydrogens (tertiary/aromatic N) is 1. The Morgan fingerprint density at radius 2 is 2.00 bits per heavy atom. The van der Waals surface area contributed by atoms with Crippen LogP contribution in [0.15, 0.2) is 42.5 Å². The second kappa shape index (κ2) is 4.46. The van der Waals surface area contributed by atoms with Gasteiger partial charge in [0.25, 0.3) is 0 Å². The van der Waals surface area contributed by atoms with E-state index in [1.54, 1.807) is 0 Å². The fourth-order valence-electron chi connectivity index (χ4n) is 2.64. The highest BCUT2D eigenvalue weighted by atomic mass is 15.0. The minimum atomic E-state index is 0.0456. The topological polar surface area (TPSA) is 30.9 Å². The lowest BCUT2D eigenvalue weighted by molar-refractivity contribution is 0.731. The zero-order valence-electron chi connectivity index (χ0n) is 10.6. The first-order valence-corrected chi connectivity index (χ1v) is 6.49. The number of nitrogens with two attached hydrogens (primary N) is 1. The normalized spacial score (nSPS) is 15.4. The van der Waals surface area contributed by atoms with E-state index in [0.717, 1.165) is 12.8 Å². The molecule has 1 aliphatic rings. The van der Waals surface area contributed by atoms with Crippen LogP contribution in [0, 0.1) is 0 Å². The van der Waals surface area contributed by atoms with E-state index in [-0.39, 0.29) is 6.04 Å². The van der Waals surface area contributed by atoms with Crippen molar-refractivity contribution in [1.82, 2.24) is 4.57 Å². The molecule has 0 aliphatic heterocycles. The maximum absolute atomic E-state index is 6.12. The van der Waals surface area contributed by atoms with Gasteiger partial charge in [0.2, 0.25) is 0 Å². The van der Waals surface area contributed by atoms with Crippen molar-refractivity contribution in [2.24, 2.45) is 5.73 Å². The highest BCUT2D eigenvalue weighted by molar-refractivity contribution is 5.59. The maximum Gasteiger partial charge on any atom is 0.0456 e. The summed E-state index contributed by atoms with van der Waals surface area (Å²) >= 11 is 0. The monoisotopic (exact) mass is 238 g/mol. The molecular formula is C16H18N2. The summed E-state index contributed by atoms with van der Waals surface area (Å²) in [5, 5.41) is 0. The van der Waals surface area contributed by atoms with Gasteiger partial charge in [-0.05, 0) is 43.5 Å². The molecule has 0 bridgehead atoms. The molecule has 1 aromatic carbocycles. The number of benzene rings is 1. The van der Waals surface area contributed by atoms with Crippen LogP contribution < -0.4 is 5.73 Å². The molecule has 0 saturated carbocycles. The molecule has 1 atom stereocenters. The Morgan fingerprint density at radius 3 is 2.72 bits per heavy atom. The highest BCUT2D eigenvalue weighted by Crippen LogP contribution is 2.29. The van der Waals surface area contributed by atoms with Crippen molar-refractivity contribution in [1.29, 1.82) is 0 Å². The molecule has 1 aliphatic carbocycles. The van der Waals surface area contributed by atoms with Gasteiger partial charge in [0.05, 0.1) is 0 Å². The molecule has 2 aromatic rings. The molecule has 0 radical (unpaired) electrons. The van der Waals surface area contributed by atoms with Crippen LogP contribution in [0.4, 0.5) is 0 Å². The van der Waals surface area contributed by atoms with Gasteiger partial charge in [0.1, 0.15) is 0 Å². The van der Waals surface area contributed by atoms with Crippen LogP contribution in [0.3, 0.4) is 0 Å². The summed E-state index contributed by atoms with van der Waals surface area (Å²) in [6.45, 7) is 2.05. The van der Waals surface area contributed by atoms with Gasteiger partial charge in [-0.15, -0.1) is 0 Å². The second-order valence-corrected chi connectivity index (χ2v) is 4.87. The van der Waals surface area contributed by atoms with Crippen molar-refractivity contribution >= 4 is 6.08 Å². The van der Waals surface area contributed by atoms with Crippen LogP contribution >= 0.6 is 0 Å². The molecule has 3 rings (SSSR count). The van der Waals surface area contributed by atoms with E-state index in [1.807, 2.05) is 13.0 Å². The molecule has 18 heavy (non-hydrogen) atoms. The molecule has 1 heterocycles. The minimum Gasteiger partial charge on any atom is -0.323 e. The number of hydrogen-bond acceptors (Lipinski definition) is 1. The van der Waals surface area contributed by atoms with Crippen LogP contribution in [0.5, 0.6) is 0 Å². The van der Waals surface area contributed by atoms with Crippen molar-refractivity contribution in [3.8, 4) is 5.69 Å². The standard InChI is InChI=1S/C16H18N2/c1-12(17)16-11-13-7-5-6-10-15(13)18(16)14-8-3-2-4-9-14/h2-5,7-9,11-12H,6,10,17H2,1H3. The summed E-state index contributed by atoms with van der Waals surface area (Å²) in [5.74, 6) is 0. The zero-order valence-corrected chi connectivity index (χ0v) is 10.6. The van der Waals surface area contributed by atoms with E-state index < -0.39 is 0 Å². The smallest absolute Gasteiger partial charge is 0.0456 e. The van der Waals surface area contributed by atoms with Gasteiger partial charge in [0.15, 0.2) is 0 Å². The lowest BCUT2D eigenvalue weighted by Crippen LogP contribution is -2.13. The van der Waals surface area contributed by atoms with Gasteiger partial charge in [0, 0.05) is 23.1 Å². The average molecular weight is 238 g/mol. The maximum atomic E-state index is 6.12. The zero-order chi connectivity index (χ0) is 12.5. The Morgan fingerprint density at radius 1 is 1.22 bits per heavy atom. The molecule has 0 saturated heterocycles. The number of aromatic nitrogens is 1. The predicted octanol–water partition coefficient (Wildman–Crippen LogP) is 3.46. The number of para-hydroxylation sites is 1. The van der Waals surface area contributed by atoms with Crippen LogP contribution in [-0.2, 0) is 6.42 Å². The van der Waals surface area contributed by atoms with E-state index in [1.165, 1.54) is 22.6 Å². The lowest BCUT2D eigenvalue weighted by atomic mass is 10.1. The summed E-state index contributed by atoms with van der Waals surface area (Å²) in [4.78, 5) is 0. The highest BCUT2D eigenvalue weighted by Gasteiger charge is 2.18. The molecule has 1 unspecified atom stereocenters. The first kappa shape index (κ1) is 11.3. The van der Waals surface area contributed by atoms with Gasteiger partial charge < -0.3 is 10.3 Å². The lowest BCUT2D eigenvalue weighted by Gasteiger charge is -2.16. The van der Waals surface area contributed by atoms with Crippen molar-refractivity contribution in [3.05, 3.63) is 59.4 Å². The molecule has 2 nitrogen and oxygen atoms in total. The fraction of sp³-hybridized carbons (Fsp3) is 0.250. The van der Waals surface area contributed by atoms with Crippen molar-refractivity contribution in [2.75, 3.05) is 0 Å². The van der Waals surface area contributed by atoms with Gasteiger partial charge in [-0.2, -0.15) is 0 Å². The molecule has 92 valence electrons. The SMILES string of the molecule is CC(N)c1cc2c(n1-c1ccccc1)CCC=C2. The van der Waals surface area contributed by atoms with Gasteiger partial charge in [-0.1, -0.05) is 30.4 Å². The Hall–Kier alpha value is -1.80. The Balaban J connectivity index is 2.23. The average Bonchev–Trinajstić information content (AvgIpc) is 2.79. The number of fused-ring (bicyclic) bond motifs is 1. The van der Waals surface area contributed by atoms with E-state index in [9.17, 15) is 0 Å². The molecule has 0 fully saturated rings. The number of allylic oxidation sites excluding steroid dienone is 1. The third-order valence-electron chi connectivity index (χ3n) is 3.49. The predicted molar refractivity (Wildman–Crippen MR) is 75.7 cm³/mol. The quantitative estimate of drug-likeness (QED) is 0.853. The summed E-state index contributed by atoms with van der Waals surface area (Å²) in [7, 11) is 0. The third kappa shape index (κ3) is 1.79. The minimum absolute atomic E-state index is 0.0456. The van der Waals surface area contributed by atoms with Crippen molar-refractivity contribution < 1.29 is 0 Å². The molecule has 2 N–H and O–H groups in total. The van der Waals surface area contributed by atoms with Gasteiger partial charge in [-0.3, -0.25) is 0 Å². The fourth-order valence-corrected chi connectivity index (χ4v) is 2.64. The second-order valence-electron chi connectivity index (χ2n) is 4.87. The first-order valence-electron chi connectivity index (χ1n) is 6.49. The van der Waals surface area contributed by atoms with Gasteiger partial charge >= 0.3 is 0 Å². The van der Waals surface area contributed by atoms with Crippen LogP contribution in [0.1, 0.15) is 36.3 Å². The van der Waals surface area contributed by atoms with E-state index >= 15 is 0 Å². The molecule has 0 amide bonds. The van der Waals surface area contributed by atoms with E-state index in [4.69, 9.17) is 5.73 Å². The molecule has 1 aromatic heterocycles. The van der Waals surface area contributed by atoms with Crippen LogP contribution in [0.2, 0.25) is 0 Å². The van der Waals surface area contributed by atoms with Gasteiger partial charge in [-0.25, -0.2) is 0 Å². The number of rotatable bonds is 2. The third-order valence-corrected chi connectivity index (χ3v) is 3.49. The Kier molecular flexibility index (Phi) is 2.80. The first-order chi connectivity index (χ1) is 8.77. The molecular weight excluding hydrogens is 220 g/mol. The van der Waals surface area contributed by atoms with Crippen molar-refractivity contribution in [2.45, 2.75) is 25.8 Å². The number of hydrogen-bond donors (Lipinski definition) is 1. The summed E-state index contributed by atoms with van der Waals surface area (Å²) in [6, 6.07) is 12.8.